The zero-order valence-electron chi connectivity index (χ0n) is 32.7. The number of hydrogen-bond acceptors (Lipinski definition) is 2. The fourth-order valence-electron chi connectivity index (χ4n) is 7.71. The average molecular weight is 725 g/mol. The number of anilines is 5. The molecule has 0 saturated carbocycles. The molecule has 0 aliphatic heterocycles. The number of rotatable bonds is 9. The van der Waals surface area contributed by atoms with E-state index in [9.17, 15) is 0 Å². The molecule has 2 aliphatic carbocycles. The number of hydrogen-bond donors (Lipinski definition) is 0. The van der Waals surface area contributed by atoms with Gasteiger partial charge in [-0.15, -0.1) is 0 Å². The third-order valence-electron chi connectivity index (χ3n) is 10.7. The second kappa shape index (κ2) is 16.4. The maximum Gasteiger partial charge on any atom is 0.0467 e. The van der Waals surface area contributed by atoms with Gasteiger partial charge in [0.15, 0.2) is 0 Å². The molecular formula is C54H48N2. The van der Waals surface area contributed by atoms with Crippen LogP contribution in [-0.2, 0) is 0 Å². The first-order valence-electron chi connectivity index (χ1n) is 19.6. The number of aryl methyl sites for hydroxylation is 3. The first kappa shape index (κ1) is 36.3. The van der Waals surface area contributed by atoms with Crippen LogP contribution in [0.1, 0.15) is 47.1 Å². The predicted octanol–water partition coefficient (Wildman–Crippen LogP) is 15.0. The van der Waals surface area contributed by atoms with Crippen LogP contribution < -0.4 is 9.80 Å². The van der Waals surface area contributed by atoms with Gasteiger partial charge in [-0.05, 0) is 122 Å². The van der Waals surface area contributed by atoms with Crippen molar-refractivity contribution >= 4 is 34.0 Å². The highest BCUT2D eigenvalue weighted by Crippen LogP contribution is 2.43. The number of nitrogens with zero attached hydrogens (tertiary/aromatic N) is 2. The fraction of sp³-hybridized carbons (Fsp3) is 0.111. The molecular weight excluding hydrogens is 677 g/mol. The van der Waals surface area contributed by atoms with Gasteiger partial charge < -0.3 is 9.80 Å². The van der Waals surface area contributed by atoms with E-state index < -0.39 is 0 Å². The summed E-state index contributed by atoms with van der Waals surface area (Å²) >= 11 is 0. The highest BCUT2D eigenvalue weighted by atomic mass is 15.2. The van der Waals surface area contributed by atoms with Crippen molar-refractivity contribution in [1.82, 2.24) is 0 Å². The zero-order chi connectivity index (χ0) is 38.4. The molecule has 56 heavy (non-hydrogen) atoms. The monoisotopic (exact) mass is 724 g/mol. The zero-order valence-corrected chi connectivity index (χ0v) is 32.7. The third-order valence-corrected chi connectivity index (χ3v) is 10.7. The molecule has 0 aromatic heterocycles. The van der Waals surface area contributed by atoms with Gasteiger partial charge in [0.25, 0.3) is 0 Å². The summed E-state index contributed by atoms with van der Waals surface area (Å²) < 4.78 is 0. The molecule has 0 amide bonds. The van der Waals surface area contributed by atoms with E-state index in [1.54, 1.807) is 0 Å². The van der Waals surface area contributed by atoms with Crippen molar-refractivity contribution < 1.29 is 0 Å². The Kier molecular flexibility index (Phi) is 10.6. The largest absolute Gasteiger partial charge is 0.314 e. The van der Waals surface area contributed by atoms with Crippen molar-refractivity contribution in [2.45, 2.75) is 40.0 Å². The van der Waals surface area contributed by atoms with Crippen LogP contribution in [0.15, 0.2) is 212 Å². The van der Waals surface area contributed by atoms with Gasteiger partial charge in [-0.1, -0.05) is 156 Å². The second-order valence-corrected chi connectivity index (χ2v) is 14.9. The Morgan fingerprint density at radius 2 is 1.04 bits per heavy atom. The van der Waals surface area contributed by atoms with Gasteiger partial charge in [-0.25, -0.2) is 0 Å². The van der Waals surface area contributed by atoms with Gasteiger partial charge in [0.05, 0.1) is 0 Å². The van der Waals surface area contributed by atoms with Crippen LogP contribution in [0.25, 0.3) is 16.7 Å². The lowest BCUT2D eigenvalue weighted by molar-refractivity contribution is 1.07. The van der Waals surface area contributed by atoms with E-state index in [-0.39, 0.29) is 5.92 Å². The normalized spacial score (nSPS) is 15.0. The average Bonchev–Trinajstić information content (AvgIpc) is 3.61. The molecule has 0 heterocycles. The second-order valence-electron chi connectivity index (χ2n) is 14.9. The van der Waals surface area contributed by atoms with Crippen LogP contribution in [-0.4, -0.2) is 0 Å². The Balaban J connectivity index is 1.20. The molecule has 1 atom stereocenters. The summed E-state index contributed by atoms with van der Waals surface area (Å²) in [5.74, 6) is 0.0313. The Morgan fingerprint density at radius 1 is 0.464 bits per heavy atom. The van der Waals surface area contributed by atoms with Crippen molar-refractivity contribution in [3.63, 3.8) is 0 Å². The van der Waals surface area contributed by atoms with Gasteiger partial charge in [-0.3, -0.25) is 0 Å². The summed E-state index contributed by atoms with van der Waals surface area (Å²) in [5.41, 5.74) is 18.1. The lowest BCUT2D eigenvalue weighted by Gasteiger charge is -2.29. The van der Waals surface area contributed by atoms with E-state index in [0.29, 0.717) is 0 Å². The molecule has 0 N–H and O–H groups in total. The lowest BCUT2D eigenvalue weighted by Crippen LogP contribution is -2.16. The van der Waals surface area contributed by atoms with E-state index in [1.807, 2.05) is 0 Å². The van der Waals surface area contributed by atoms with Crippen molar-refractivity contribution in [1.29, 1.82) is 0 Å². The number of allylic oxidation sites excluding steroid dienone is 11. The minimum Gasteiger partial charge on any atom is -0.314 e. The lowest BCUT2D eigenvalue weighted by atomic mass is 9.82. The summed E-state index contributed by atoms with van der Waals surface area (Å²) in [6.45, 7) is 8.58. The standard InChI is InChI=1S/C54H48N2/c1-39-13-10-16-45(30-23-39)55(46-31-24-40(2)25-32-46)49-17-11-14-43(37-49)51-19-6-5-7-21-53(51)54-22-9-8-20-52(54)44-15-12-18-50(38-44)56(47-33-26-41(3)27-34-47)48-35-28-42(4)29-36-48/h5-15,17-38,53H,16H2,1-4H3. The van der Waals surface area contributed by atoms with Crippen LogP contribution in [0.4, 0.5) is 28.4 Å². The Hall–Kier alpha value is -6.64. The summed E-state index contributed by atoms with van der Waals surface area (Å²) in [4.78, 5) is 4.77. The smallest absolute Gasteiger partial charge is 0.0467 e. The van der Waals surface area contributed by atoms with Gasteiger partial charge in [0.2, 0.25) is 0 Å². The number of benzene rings is 6. The molecule has 2 aliphatic rings. The predicted molar refractivity (Wildman–Crippen MR) is 240 cm³/mol. The Labute approximate surface area is 333 Å². The Morgan fingerprint density at radius 3 is 1.70 bits per heavy atom. The van der Waals surface area contributed by atoms with Crippen molar-refractivity contribution in [3.05, 3.63) is 239 Å². The van der Waals surface area contributed by atoms with Gasteiger partial charge in [0, 0.05) is 46.5 Å². The minimum atomic E-state index is 0.0313. The maximum absolute atomic E-state index is 2.41. The van der Waals surface area contributed by atoms with Crippen LogP contribution in [0, 0.1) is 20.8 Å². The van der Waals surface area contributed by atoms with Crippen LogP contribution in [0.3, 0.4) is 0 Å². The quantitative estimate of drug-likeness (QED) is 0.146. The highest BCUT2D eigenvalue weighted by Gasteiger charge is 2.23. The van der Waals surface area contributed by atoms with Crippen LogP contribution >= 0.6 is 0 Å². The summed E-state index contributed by atoms with van der Waals surface area (Å²) in [7, 11) is 0. The van der Waals surface area contributed by atoms with E-state index in [1.165, 1.54) is 55.8 Å². The SMILES string of the molecule is CC1=CC=C(N(c2ccc(C)cc2)c2cccc(C3=CC=CC=CC3c3ccccc3-c3cccc(N(c4ccc(C)cc4)c4ccc(C)cc4)c3)c2)CC=C1. The van der Waals surface area contributed by atoms with Gasteiger partial charge in [-0.2, -0.15) is 0 Å². The van der Waals surface area contributed by atoms with Crippen molar-refractivity contribution in [2.75, 3.05) is 9.80 Å². The van der Waals surface area contributed by atoms with Crippen LogP contribution in [0.5, 0.6) is 0 Å². The molecule has 274 valence electrons. The first-order chi connectivity index (χ1) is 27.4. The van der Waals surface area contributed by atoms with Gasteiger partial charge in [0.1, 0.15) is 0 Å². The summed E-state index contributed by atoms with van der Waals surface area (Å²) in [5, 5.41) is 0. The maximum atomic E-state index is 2.41. The molecule has 6 aromatic rings. The van der Waals surface area contributed by atoms with E-state index in [4.69, 9.17) is 0 Å². The molecule has 8 rings (SSSR count). The van der Waals surface area contributed by atoms with E-state index in [2.05, 4.69) is 238 Å². The third kappa shape index (κ3) is 7.92. The first-order valence-corrected chi connectivity index (χ1v) is 19.6. The molecule has 0 saturated heterocycles. The van der Waals surface area contributed by atoms with Crippen molar-refractivity contribution in [3.8, 4) is 11.1 Å². The highest BCUT2D eigenvalue weighted by molar-refractivity contribution is 5.85. The Bertz CT molecular complexity index is 2480. The fourth-order valence-corrected chi connectivity index (χ4v) is 7.71. The summed E-state index contributed by atoms with van der Waals surface area (Å²) in [6.07, 6.45) is 21.0. The van der Waals surface area contributed by atoms with E-state index >= 15 is 0 Å². The molecule has 2 heteroatoms. The summed E-state index contributed by atoms with van der Waals surface area (Å²) in [6, 6.07) is 53.4. The molecule has 0 bridgehead atoms. The van der Waals surface area contributed by atoms with Gasteiger partial charge >= 0.3 is 0 Å². The van der Waals surface area contributed by atoms with E-state index in [0.717, 1.165) is 34.9 Å². The molecule has 0 spiro atoms. The molecule has 1 unspecified atom stereocenters. The minimum absolute atomic E-state index is 0.0313. The topological polar surface area (TPSA) is 6.48 Å². The molecule has 0 radical (unpaired) electrons. The molecule has 6 aromatic carbocycles. The van der Waals surface area contributed by atoms with Crippen LogP contribution in [0.2, 0.25) is 0 Å². The molecule has 2 nitrogen and oxygen atoms in total. The van der Waals surface area contributed by atoms with Crippen molar-refractivity contribution in [2.24, 2.45) is 0 Å². The molecule has 0 fully saturated rings.